The Hall–Kier alpha value is -0.870. The van der Waals surface area contributed by atoms with Crippen LogP contribution in [0.2, 0.25) is 0 Å². The lowest BCUT2D eigenvalue weighted by Gasteiger charge is -2.32. The molecular weight excluding hydrogens is 256 g/mol. The first-order valence-electron chi connectivity index (χ1n) is 7.10. The van der Waals surface area contributed by atoms with E-state index in [0.29, 0.717) is 5.92 Å². The predicted molar refractivity (Wildman–Crippen MR) is 80.2 cm³/mol. The van der Waals surface area contributed by atoms with Crippen LogP contribution in [-0.2, 0) is 4.79 Å². The molecule has 1 aliphatic rings. The van der Waals surface area contributed by atoms with Gasteiger partial charge in [0.1, 0.15) is 6.17 Å². The zero-order valence-corrected chi connectivity index (χ0v) is 13.3. The number of carbonyl (C=O) groups is 1. The van der Waals surface area contributed by atoms with Crippen LogP contribution in [0.3, 0.4) is 0 Å². The second kappa shape index (κ2) is 5.63. The first kappa shape index (κ1) is 14.5. The van der Waals surface area contributed by atoms with Crippen LogP contribution in [0.25, 0.3) is 0 Å². The van der Waals surface area contributed by atoms with Gasteiger partial charge in [-0.15, -0.1) is 11.3 Å². The van der Waals surface area contributed by atoms with Crippen molar-refractivity contribution in [2.24, 2.45) is 5.92 Å². The lowest BCUT2D eigenvalue weighted by atomic mass is 10.0. The van der Waals surface area contributed by atoms with Crippen LogP contribution in [0.15, 0.2) is 12.1 Å². The normalized spacial score (nSPS) is 25.4. The molecule has 3 nitrogen and oxygen atoms in total. The average molecular weight is 280 g/mol. The minimum absolute atomic E-state index is 0.0337. The second-order valence-corrected chi connectivity index (χ2v) is 7.03. The van der Waals surface area contributed by atoms with E-state index in [1.54, 1.807) is 11.3 Å². The first-order valence-corrected chi connectivity index (χ1v) is 7.91. The molecule has 0 saturated carbocycles. The van der Waals surface area contributed by atoms with Crippen LogP contribution in [0.4, 0.5) is 0 Å². The van der Waals surface area contributed by atoms with Gasteiger partial charge in [-0.3, -0.25) is 10.1 Å². The maximum Gasteiger partial charge on any atom is 0.241 e. The van der Waals surface area contributed by atoms with Crippen molar-refractivity contribution in [2.45, 2.75) is 59.3 Å². The summed E-state index contributed by atoms with van der Waals surface area (Å²) in [4.78, 5) is 17.1. The molecule has 1 saturated heterocycles. The fourth-order valence-electron chi connectivity index (χ4n) is 2.52. The Kier molecular flexibility index (Phi) is 4.31. The monoisotopic (exact) mass is 280 g/mol. The highest BCUT2D eigenvalue weighted by atomic mass is 32.1. The fourth-order valence-corrected chi connectivity index (χ4v) is 3.46. The van der Waals surface area contributed by atoms with Crippen LogP contribution in [0.5, 0.6) is 0 Å². The third-order valence-electron chi connectivity index (χ3n) is 4.03. The van der Waals surface area contributed by atoms with E-state index in [0.717, 1.165) is 6.42 Å². The average Bonchev–Trinajstić information content (AvgIpc) is 2.92. The molecule has 1 N–H and O–H groups in total. The molecule has 1 fully saturated rings. The highest BCUT2D eigenvalue weighted by Gasteiger charge is 2.42. The van der Waals surface area contributed by atoms with E-state index in [1.807, 2.05) is 4.90 Å². The van der Waals surface area contributed by atoms with Gasteiger partial charge in [-0.2, -0.15) is 0 Å². The Bertz CT molecular complexity index is 455. The van der Waals surface area contributed by atoms with Crippen LogP contribution in [0.1, 0.15) is 50.0 Å². The van der Waals surface area contributed by atoms with Crippen LogP contribution < -0.4 is 5.32 Å². The van der Waals surface area contributed by atoms with Gasteiger partial charge in [-0.25, -0.2) is 0 Å². The molecule has 0 radical (unpaired) electrons. The zero-order chi connectivity index (χ0) is 14.2. The third kappa shape index (κ3) is 2.70. The van der Waals surface area contributed by atoms with Gasteiger partial charge in [-0.05, 0) is 38.3 Å². The lowest BCUT2D eigenvalue weighted by molar-refractivity contribution is -0.132. The number of rotatable bonds is 4. The SMILES string of the molecule is CCC1NC(c2ccc(C)s2)N(C(C)C(C)C)C1=O. The molecule has 1 amide bonds. The third-order valence-corrected chi connectivity index (χ3v) is 5.09. The topological polar surface area (TPSA) is 32.3 Å². The summed E-state index contributed by atoms with van der Waals surface area (Å²) < 4.78 is 0. The van der Waals surface area contributed by atoms with Crippen molar-refractivity contribution in [1.82, 2.24) is 10.2 Å². The van der Waals surface area contributed by atoms with Gasteiger partial charge in [-0.1, -0.05) is 20.8 Å². The maximum absolute atomic E-state index is 12.5. The van der Waals surface area contributed by atoms with Crippen LogP contribution >= 0.6 is 11.3 Å². The van der Waals surface area contributed by atoms with E-state index in [1.165, 1.54) is 9.75 Å². The summed E-state index contributed by atoms with van der Waals surface area (Å²) in [7, 11) is 0. The number of hydrogen-bond acceptors (Lipinski definition) is 3. The number of aryl methyl sites for hydroxylation is 1. The predicted octanol–water partition coefficient (Wildman–Crippen LogP) is 3.31. The number of hydrogen-bond donors (Lipinski definition) is 1. The zero-order valence-electron chi connectivity index (χ0n) is 12.4. The summed E-state index contributed by atoms with van der Waals surface area (Å²) in [5.41, 5.74) is 0. The highest BCUT2D eigenvalue weighted by Crippen LogP contribution is 2.34. The van der Waals surface area contributed by atoms with E-state index >= 15 is 0 Å². The van der Waals surface area contributed by atoms with Gasteiger partial charge < -0.3 is 4.90 Å². The summed E-state index contributed by atoms with van der Waals surface area (Å²) >= 11 is 1.78. The molecule has 0 aliphatic carbocycles. The second-order valence-electron chi connectivity index (χ2n) is 5.71. The van der Waals surface area contributed by atoms with Gasteiger partial charge in [0.15, 0.2) is 0 Å². The van der Waals surface area contributed by atoms with E-state index in [-0.39, 0.29) is 24.2 Å². The number of thiophene rings is 1. The standard InChI is InChI=1S/C15H24N2OS/c1-6-12-15(18)17(11(5)9(2)3)14(16-12)13-8-7-10(4)19-13/h7-9,11-12,14,16H,6H2,1-5H3. The Morgan fingerprint density at radius 3 is 2.53 bits per heavy atom. The number of amides is 1. The molecule has 1 aromatic heterocycles. The van der Waals surface area contributed by atoms with E-state index < -0.39 is 0 Å². The molecule has 0 aromatic carbocycles. The summed E-state index contributed by atoms with van der Waals surface area (Å²) in [5, 5.41) is 3.49. The van der Waals surface area contributed by atoms with Gasteiger partial charge in [0.2, 0.25) is 5.91 Å². The van der Waals surface area contributed by atoms with Crippen molar-refractivity contribution in [3.63, 3.8) is 0 Å². The quantitative estimate of drug-likeness (QED) is 0.917. The molecule has 2 rings (SSSR count). The molecular formula is C15H24N2OS. The molecule has 2 heterocycles. The van der Waals surface area contributed by atoms with Crippen molar-refractivity contribution >= 4 is 17.2 Å². The van der Waals surface area contributed by atoms with Gasteiger partial charge >= 0.3 is 0 Å². The van der Waals surface area contributed by atoms with Gasteiger partial charge in [0.25, 0.3) is 0 Å². The van der Waals surface area contributed by atoms with E-state index in [9.17, 15) is 4.79 Å². The van der Waals surface area contributed by atoms with E-state index in [4.69, 9.17) is 0 Å². The fraction of sp³-hybridized carbons (Fsp3) is 0.667. The summed E-state index contributed by atoms with van der Waals surface area (Å²) in [5.74, 6) is 0.713. The van der Waals surface area contributed by atoms with Crippen molar-refractivity contribution in [1.29, 1.82) is 0 Å². The Labute approximate surface area is 120 Å². The molecule has 3 atom stereocenters. The Morgan fingerprint density at radius 1 is 1.37 bits per heavy atom. The molecule has 0 spiro atoms. The maximum atomic E-state index is 12.5. The first-order chi connectivity index (χ1) is 8.95. The Balaban J connectivity index is 2.31. The molecule has 0 bridgehead atoms. The molecule has 19 heavy (non-hydrogen) atoms. The number of nitrogens with one attached hydrogen (secondary N) is 1. The largest absolute Gasteiger partial charge is 0.318 e. The van der Waals surface area contributed by atoms with E-state index in [2.05, 4.69) is 52.1 Å². The van der Waals surface area contributed by atoms with Crippen molar-refractivity contribution in [3.05, 3.63) is 21.9 Å². The van der Waals surface area contributed by atoms with Crippen LogP contribution in [-0.4, -0.2) is 22.9 Å². The minimum Gasteiger partial charge on any atom is -0.318 e. The molecule has 3 unspecified atom stereocenters. The summed E-state index contributed by atoms with van der Waals surface area (Å²) in [6.45, 7) is 10.7. The van der Waals surface area contributed by atoms with Crippen molar-refractivity contribution in [3.8, 4) is 0 Å². The molecule has 106 valence electrons. The molecule has 1 aromatic rings. The van der Waals surface area contributed by atoms with Crippen molar-refractivity contribution < 1.29 is 4.79 Å². The Morgan fingerprint density at radius 2 is 2.05 bits per heavy atom. The molecule has 4 heteroatoms. The number of carbonyl (C=O) groups excluding carboxylic acids is 1. The number of nitrogens with zero attached hydrogens (tertiary/aromatic N) is 1. The lowest BCUT2D eigenvalue weighted by Crippen LogP contribution is -2.41. The van der Waals surface area contributed by atoms with Crippen LogP contribution in [0, 0.1) is 12.8 Å². The minimum atomic E-state index is -0.0337. The summed E-state index contributed by atoms with van der Waals surface area (Å²) in [6, 6.07) is 4.49. The highest BCUT2D eigenvalue weighted by molar-refractivity contribution is 7.12. The summed E-state index contributed by atoms with van der Waals surface area (Å²) in [6.07, 6.45) is 0.898. The van der Waals surface area contributed by atoms with Gasteiger partial charge in [0, 0.05) is 15.8 Å². The molecule has 1 aliphatic heterocycles. The van der Waals surface area contributed by atoms with Gasteiger partial charge in [0.05, 0.1) is 6.04 Å². The smallest absolute Gasteiger partial charge is 0.241 e. The van der Waals surface area contributed by atoms with Crippen molar-refractivity contribution in [2.75, 3.05) is 0 Å².